The summed E-state index contributed by atoms with van der Waals surface area (Å²) >= 11 is 0. The molecule has 3 nitrogen and oxygen atoms in total. The van der Waals surface area contributed by atoms with E-state index >= 15 is 0 Å². The third kappa shape index (κ3) is 2.21. The molecule has 0 spiro atoms. The van der Waals surface area contributed by atoms with E-state index < -0.39 is 0 Å². The monoisotopic (exact) mass is 266 g/mol. The minimum atomic E-state index is -0.330. The molecule has 0 aliphatic heterocycles. The Balaban J connectivity index is 2.05. The van der Waals surface area contributed by atoms with Gasteiger partial charge in [0, 0.05) is 11.6 Å². The zero-order valence-electron chi connectivity index (χ0n) is 12.0. The van der Waals surface area contributed by atoms with Gasteiger partial charge >= 0.3 is 0 Å². The molecule has 2 N–H and O–H groups in total. The average molecular weight is 266 g/mol. The molecule has 0 fully saturated rings. The number of aryl methyl sites for hydroxylation is 3. The van der Waals surface area contributed by atoms with Gasteiger partial charge in [0.05, 0.1) is 5.69 Å². The van der Waals surface area contributed by atoms with Crippen LogP contribution in [0.3, 0.4) is 0 Å². The number of nitrogens with two attached hydrogens (primary N) is 1. The lowest BCUT2D eigenvalue weighted by Gasteiger charge is -2.11. The maximum Gasteiger partial charge on any atom is 0.134 e. The summed E-state index contributed by atoms with van der Waals surface area (Å²) in [4.78, 5) is 4.46. The van der Waals surface area contributed by atoms with Gasteiger partial charge in [0.15, 0.2) is 0 Å². The number of furan rings is 1. The molecule has 20 heavy (non-hydrogen) atoms. The van der Waals surface area contributed by atoms with Gasteiger partial charge in [-0.3, -0.25) is 4.98 Å². The second kappa shape index (κ2) is 4.76. The molecule has 3 aromatic rings. The van der Waals surface area contributed by atoms with Crippen molar-refractivity contribution in [3.8, 4) is 0 Å². The van der Waals surface area contributed by atoms with E-state index in [4.69, 9.17) is 10.2 Å². The molecule has 1 atom stereocenters. The van der Waals surface area contributed by atoms with E-state index in [0.717, 1.165) is 33.6 Å². The van der Waals surface area contributed by atoms with Crippen molar-refractivity contribution in [1.82, 2.24) is 4.98 Å². The summed E-state index contributed by atoms with van der Waals surface area (Å²) in [7, 11) is 0. The van der Waals surface area contributed by atoms with Crippen molar-refractivity contribution in [2.45, 2.75) is 26.8 Å². The number of nitrogens with zero attached hydrogens (tertiary/aromatic N) is 1. The van der Waals surface area contributed by atoms with Crippen LogP contribution in [0, 0.1) is 20.8 Å². The molecular formula is C17H18N2O. The van der Waals surface area contributed by atoms with E-state index in [-0.39, 0.29) is 6.04 Å². The number of rotatable bonds is 2. The highest BCUT2D eigenvalue weighted by Gasteiger charge is 2.17. The van der Waals surface area contributed by atoms with Crippen molar-refractivity contribution in [2.24, 2.45) is 5.73 Å². The first-order valence-corrected chi connectivity index (χ1v) is 6.73. The Labute approximate surface area is 118 Å². The maximum atomic E-state index is 6.31. The summed E-state index contributed by atoms with van der Waals surface area (Å²) in [5.74, 6) is 0.755. The third-order valence-electron chi connectivity index (χ3n) is 3.55. The van der Waals surface area contributed by atoms with Gasteiger partial charge in [0.2, 0.25) is 0 Å². The van der Waals surface area contributed by atoms with Crippen LogP contribution in [0.2, 0.25) is 0 Å². The van der Waals surface area contributed by atoms with Crippen molar-refractivity contribution >= 4 is 11.0 Å². The largest absolute Gasteiger partial charge is 0.459 e. The van der Waals surface area contributed by atoms with Crippen LogP contribution >= 0.6 is 0 Å². The van der Waals surface area contributed by atoms with Gasteiger partial charge in [-0.2, -0.15) is 0 Å². The molecule has 2 aromatic heterocycles. The molecule has 0 aliphatic rings. The Bertz CT molecular complexity index is 774. The summed E-state index contributed by atoms with van der Waals surface area (Å²) in [6, 6.07) is 9.89. The SMILES string of the molecule is Cc1cnc(C(N)c2cc3cc(C)ccc3o2)c(C)c1. The molecule has 0 bridgehead atoms. The normalized spacial score (nSPS) is 12.8. The predicted molar refractivity (Wildman–Crippen MR) is 80.7 cm³/mol. The van der Waals surface area contributed by atoms with Crippen molar-refractivity contribution in [3.05, 3.63) is 64.7 Å². The summed E-state index contributed by atoms with van der Waals surface area (Å²) in [5, 5.41) is 1.08. The van der Waals surface area contributed by atoms with Crippen LogP contribution in [0.5, 0.6) is 0 Å². The molecule has 0 radical (unpaired) electrons. The summed E-state index contributed by atoms with van der Waals surface area (Å²) in [6.45, 7) is 6.12. The lowest BCUT2D eigenvalue weighted by Crippen LogP contribution is -2.14. The van der Waals surface area contributed by atoms with Crippen LogP contribution in [0.25, 0.3) is 11.0 Å². The zero-order valence-corrected chi connectivity index (χ0v) is 12.0. The second-order valence-corrected chi connectivity index (χ2v) is 5.38. The van der Waals surface area contributed by atoms with E-state index in [2.05, 4.69) is 24.0 Å². The summed E-state index contributed by atoms with van der Waals surface area (Å²) in [6.07, 6.45) is 1.84. The van der Waals surface area contributed by atoms with E-state index in [1.165, 1.54) is 5.56 Å². The number of benzene rings is 1. The first-order chi connectivity index (χ1) is 9.54. The minimum Gasteiger partial charge on any atom is -0.459 e. The molecule has 2 heterocycles. The fourth-order valence-corrected chi connectivity index (χ4v) is 2.52. The lowest BCUT2D eigenvalue weighted by molar-refractivity contribution is 0.519. The van der Waals surface area contributed by atoms with Gasteiger partial charge in [-0.05, 0) is 50.1 Å². The van der Waals surface area contributed by atoms with Gasteiger partial charge < -0.3 is 10.2 Å². The van der Waals surface area contributed by atoms with E-state index in [9.17, 15) is 0 Å². The van der Waals surface area contributed by atoms with E-state index in [1.54, 1.807) is 0 Å². The first kappa shape index (κ1) is 12.9. The Hall–Kier alpha value is -2.13. The van der Waals surface area contributed by atoms with Crippen LogP contribution in [-0.4, -0.2) is 4.98 Å². The molecule has 3 rings (SSSR count). The molecule has 0 saturated heterocycles. The fraction of sp³-hybridized carbons (Fsp3) is 0.235. The van der Waals surface area contributed by atoms with E-state index in [0.29, 0.717) is 0 Å². The average Bonchev–Trinajstić information content (AvgIpc) is 2.81. The van der Waals surface area contributed by atoms with Crippen molar-refractivity contribution in [2.75, 3.05) is 0 Å². The first-order valence-electron chi connectivity index (χ1n) is 6.73. The van der Waals surface area contributed by atoms with Crippen molar-refractivity contribution < 1.29 is 4.42 Å². The maximum absolute atomic E-state index is 6.31. The van der Waals surface area contributed by atoms with E-state index in [1.807, 2.05) is 38.2 Å². The van der Waals surface area contributed by atoms with Crippen molar-refractivity contribution in [1.29, 1.82) is 0 Å². The Morgan fingerprint density at radius 2 is 1.85 bits per heavy atom. The highest BCUT2D eigenvalue weighted by atomic mass is 16.3. The topological polar surface area (TPSA) is 52.0 Å². The predicted octanol–water partition coefficient (Wildman–Crippen LogP) is 3.80. The lowest BCUT2D eigenvalue weighted by atomic mass is 10.0. The summed E-state index contributed by atoms with van der Waals surface area (Å²) < 4.78 is 5.86. The summed E-state index contributed by atoms with van der Waals surface area (Å²) in [5.41, 5.74) is 11.5. The van der Waals surface area contributed by atoms with Crippen LogP contribution in [0.1, 0.15) is 34.2 Å². The van der Waals surface area contributed by atoms with Crippen LogP contribution < -0.4 is 5.73 Å². The molecular weight excluding hydrogens is 248 g/mol. The molecule has 0 aliphatic carbocycles. The molecule has 1 aromatic carbocycles. The van der Waals surface area contributed by atoms with Gasteiger partial charge in [-0.15, -0.1) is 0 Å². The molecule has 3 heteroatoms. The molecule has 0 saturated carbocycles. The molecule has 102 valence electrons. The number of hydrogen-bond donors (Lipinski definition) is 1. The van der Waals surface area contributed by atoms with Gasteiger partial charge in [-0.25, -0.2) is 0 Å². The molecule has 0 amide bonds. The number of pyridine rings is 1. The fourth-order valence-electron chi connectivity index (χ4n) is 2.52. The standard InChI is InChI=1S/C17H18N2O/c1-10-4-5-14-13(7-10)8-15(20-14)16(18)17-12(3)6-11(2)9-19-17/h4-9,16H,18H2,1-3H3. The van der Waals surface area contributed by atoms with Gasteiger partial charge in [-0.1, -0.05) is 17.7 Å². The number of aromatic nitrogens is 1. The molecule has 1 unspecified atom stereocenters. The van der Waals surface area contributed by atoms with Crippen LogP contribution in [0.4, 0.5) is 0 Å². The smallest absolute Gasteiger partial charge is 0.134 e. The van der Waals surface area contributed by atoms with Crippen molar-refractivity contribution in [3.63, 3.8) is 0 Å². The zero-order chi connectivity index (χ0) is 14.3. The Morgan fingerprint density at radius 1 is 1.05 bits per heavy atom. The quantitative estimate of drug-likeness (QED) is 0.767. The minimum absolute atomic E-state index is 0.330. The van der Waals surface area contributed by atoms with Gasteiger partial charge in [0.25, 0.3) is 0 Å². The Morgan fingerprint density at radius 3 is 2.60 bits per heavy atom. The Kier molecular flexibility index (Phi) is 3.07. The number of hydrogen-bond acceptors (Lipinski definition) is 3. The number of fused-ring (bicyclic) bond motifs is 1. The second-order valence-electron chi connectivity index (χ2n) is 5.38. The highest BCUT2D eigenvalue weighted by Crippen LogP contribution is 2.28. The highest BCUT2D eigenvalue weighted by molar-refractivity contribution is 5.78. The van der Waals surface area contributed by atoms with Gasteiger partial charge in [0.1, 0.15) is 17.4 Å². The van der Waals surface area contributed by atoms with Crippen LogP contribution in [0.15, 0.2) is 40.9 Å². The third-order valence-corrected chi connectivity index (χ3v) is 3.55. The van der Waals surface area contributed by atoms with Crippen LogP contribution in [-0.2, 0) is 0 Å².